The van der Waals surface area contributed by atoms with Gasteiger partial charge in [0.2, 0.25) is 5.91 Å². The first-order valence-corrected chi connectivity index (χ1v) is 6.93. The number of thiazole rings is 1. The van der Waals surface area contributed by atoms with E-state index in [1.807, 2.05) is 29.4 Å². The molecule has 0 saturated carbocycles. The van der Waals surface area contributed by atoms with Crippen LogP contribution in [0.4, 0.5) is 5.13 Å². The second-order valence-corrected chi connectivity index (χ2v) is 5.14. The van der Waals surface area contributed by atoms with Gasteiger partial charge in [0.15, 0.2) is 5.13 Å². The third-order valence-electron chi connectivity index (χ3n) is 2.42. The zero-order valence-corrected chi connectivity index (χ0v) is 11.8. The summed E-state index contributed by atoms with van der Waals surface area (Å²) >= 11 is 1.44. The Bertz CT molecular complexity index is 548. The molecule has 2 rings (SSSR count). The first kappa shape index (κ1) is 13.7. The highest BCUT2D eigenvalue weighted by Gasteiger charge is 2.02. The van der Waals surface area contributed by atoms with Crippen LogP contribution in [0.3, 0.4) is 0 Å². The second-order valence-electron chi connectivity index (χ2n) is 4.28. The molecule has 2 aromatic rings. The number of nitrogens with zero attached hydrogens (tertiary/aromatic N) is 3. The molecular formula is C12H17N5OS. The fourth-order valence-electron chi connectivity index (χ4n) is 1.60. The summed E-state index contributed by atoms with van der Waals surface area (Å²) in [4.78, 5) is 15.2. The van der Waals surface area contributed by atoms with E-state index in [1.54, 1.807) is 0 Å². The summed E-state index contributed by atoms with van der Waals surface area (Å²) in [5.74, 6) is -0.0945. The fraction of sp³-hybridized carbons (Fsp3) is 0.417. The van der Waals surface area contributed by atoms with Crippen molar-refractivity contribution in [2.24, 2.45) is 0 Å². The van der Waals surface area contributed by atoms with Crippen molar-refractivity contribution in [2.75, 3.05) is 11.9 Å². The quantitative estimate of drug-likeness (QED) is 0.784. The second kappa shape index (κ2) is 6.44. The van der Waals surface area contributed by atoms with Gasteiger partial charge in [-0.05, 0) is 12.5 Å². The molecule has 0 aliphatic heterocycles. The van der Waals surface area contributed by atoms with Crippen molar-refractivity contribution in [1.29, 1.82) is 0 Å². The number of carbonyl (C=O) groups is 1. The van der Waals surface area contributed by atoms with Crippen molar-refractivity contribution >= 4 is 22.4 Å². The highest BCUT2D eigenvalue weighted by molar-refractivity contribution is 7.13. The summed E-state index contributed by atoms with van der Waals surface area (Å²) in [5.41, 5.74) is 2.10. The monoisotopic (exact) mass is 279 g/mol. The van der Waals surface area contributed by atoms with Crippen molar-refractivity contribution in [3.8, 4) is 0 Å². The van der Waals surface area contributed by atoms with E-state index in [0.717, 1.165) is 18.8 Å². The number of rotatable bonds is 6. The minimum absolute atomic E-state index is 0.0945. The number of aromatic nitrogens is 3. The third-order valence-corrected chi connectivity index (χ3v) is 3.23. The Morgan fingerprint density at radius 2 is 2.37 bits per heavy atom. The van der Waals surface area contributed by atoms with Crippen molar-refractivity contribution in [3.05, 3.63) is 29.0 Å². The van der Waals surface area contributed by atoms with Gasteiger partial charge in [-0.2, -0.15) is 5.10 Å². The SMILES string of the molecule is CC(=O)Nc1nc(CNCCn2cc(C)cn2)cs1. The first-order chi connectivity index (χ1) is 9.13. The van der Waals surface area contributed by atoms with Crippen LogP contribution in [0.5, 0.6) is 0 Å². The Kier molecular flexibility index (Phi) is 4.64. The van der Waals surface area contributed by atoms with Gasteiger partial charge in [-0.15, -0.1) is 11.3 Å². The standard InChI is InChI=1S/C12H17N5OS/c1-9-5-14-17(7-9)4-3-13-6-11-8-19-12(16-11)15-10(2)18/h5,7-8,13H,3-4,6H2,1-2H3,(H,15,16,18). The Morgan fingerprint density at radius 1 is 1.53 bits per heavy atom. The topological polar surface area (TPSA) is 71.8 Å². The number of anilines is 1. The number of hydrogen-bond donors (Lipinski definition) is 2. The zero-order valence-electron chi connectivity index (χ0n) is 11.0. The third kappa shape index (κ3) is 4.46. The van der Waals surface area contributed by atoms with Crippen LogP contribution in [-0.4, -0.2) is 27.2 Å². The average Bonchev–Trinajstić information content (AvgIpc) is 2.94. The highest BCUT2D eigenvalue weighted by Crippen LogP contribution is 2.14. The minimum Gasteiger partial charge on any atom is -0.309 e. The van der Waals surface area contributed by atoms with Crippen LogP contribution < -0.4 is 10.6 Å². The van der Waals surface area contributed by atoms with E-state index in [0.29, 0.717) is 11.7 Å². The molecule has 0 bridgehead atoms. The maximum Gasteiger partial charge on any atom is 0.223 e. The lowest BCUT2D eigenvalue weighted by molar-refractivity contribution is -0.114. The van der Waals surface area contributed by atoms with Gasteiger partial charge in [-0.1, -0.05) is 0 Å². The van der Waals surface area contributed by atoms with E-state index in [1.165, 1.54) is 23.8 Å². The summed E-state index contributed by atoms with van der Waals surface area (Å²) in [5, 5.41) is 12.8. The van der Waals surface area contributed by atoms with Crippen LogP contribution in [-0.2, 0) is 17.9 Å². The number of hydrogen-bond acceptors (Lipinski definition) is 5. The zero-order chi connectivity index (χ0) is 13.7. The molecule has 2 heterocycles. The summed E-state index contributed by atoms with van der Waals surface area (Å²) in [6.45, 7) is 5.85. The van der Waals surface area contributed by atoms with Crippen molar-refractivity contribution < 1.29 is 4.79 Å². The molecule has 0 aliphatic rings. The lowest BCUT2D eigenvalue weighted by atomic mass is 10.4. The molecule has 0 atom stereocenters. The summed E-state index contributed by atoms with van der Waals surface area (Å²) < 4.78 is 1.91. The predicted octanol–water partition coefficient (Wildman–Crippen LogP) is 1.40. The first-order valence-electron chi connectivity index (χ1n) is 6.05. The van der Waals surface area contributed by atoms with Crippen LogP contribution in [0, 0.1) is 6.92 Å². The normalized spacial score (nSPS) is 10.6. The molecule has 102 valence electrons. The fourth-order valence-corrected chi connectivity index (χ4v) is 2.35. The number of aryl methyl sites for hydroxylation is 1. The van der Waals surface area contributed by atoms with Gasteiger partial charge in [0.1, 0.15) is 0 Å². The van der Waals surface area contributed by atoms with E-state index in [4.69, 9.17) is 0 Å². The Morgan fingerprint density at radius 3 is 3.05 bits per heavy atom. The summed E-state index contributed by atoms with van der Waals surface area (Å²) in [6, 6.07) is 0. The maximum absolute atomic E-state index is 10.9. The van der Waals surface area contributed by atoms with Crippen LogP contribution in [0.25, 0.3) is 0 Å². The summed E-state index contributed by atoms with van der Waals surface area (Å²) in [7, 11) is 0. The van der Waals surface area contributed by atoms with E-state index >= 15 is 0 Å². The Hall–Kier alpha value is -1.73. The van der Waals surface area contributed by atoms with Crippen LogP contribution in [0.15, 0.2) is 17.8 Å². The molecule has 1 amide bonds. The molecule has 0 unspecified atom stereocenters. The van der Waals surface area contributed by atoms with Gasteiger partial charge in [0, 0.05) is 31.6 Å². The molecule has 0 aromatic carbocycles. The van der Waals surface area contributed by atoms with Gasteiger partial charge in [0.25, 0.3) is 0 Å². The molecule has 0 spiro atoms. The number of carbonyl (C=O) groups excluding carboxylic acids is 1. The van der Waals surface area contributed by atoms with Crippen molar-refractivity contribution in [3.63, 3.8) is 0 Å². The Labute approximate surface area is 115 Å². The van der Waals surface area contributed by atoms with Crippen LogP contribution in [0.1, 0.15) is 18.2 Å². The van der Waals surface area contributed by atoms with Gasteiger partial charge in [-0.3, -0.25) is 9.48 Å². The average molecular weight is 279 g/mol. The predicted molar refractivity (Wildman–Crippen MR) is 75.1 cm³/mol. The minimum atomic E-state index is -0.0945. The van der Waals surface area contributed by atoms with Gasteiger partial charge in [-0.25, -0.2) is 4.98 Å². The highest BCUT2D eigenvalue weighted by atomic mass is 32.1. The maximum atomic E-state index is 10.9. The Balaban J connectivity index is 1.70. The molecule has 6 nitrogen and oxygen atoms in total. The molecule has 19 heavy (non-hydrogen) atoms. The number of nitrogens with one attached hydrogen (secondary N) is 2. The molecule has 0 fully saturated rings. The molecule has 0 aliphatic carbocycles. The van der Waals surface area contributed by atoms with Gasteiger partial charge < -0.3 is 10.6 Å². The molecule has 0 saturated heterocycles. The van der Waals surface area contributed by atoms with Gasteiger partial charge >= 0.3 is 0 Å². The van der Waals surface area contributed by atoms with Crippen LogP contribution >= 0.6 is 11.3 Å². The smallest absolute Gasteiger partial charge is 0.223 e. The van der Waals surface area contributed by atoms with Crippen molar-refractivity contribution in [1.82, 2.24) is 20.1 Å². The molecule has 2 N–H and O–H groups in total. The van der Waals surface area contributed by atoms with E-state index in [-0.39, 0.29) is 5.91 Å². The van der Waals surface area contributed by atoms with Crippen LogP contribution in [0.2, 0.25) is 0 Å². The molecular weight excluding hydrogens is 262 g/mol. The lowest BCUT2D eigenvalue weighted by Crippen LogP contribution is -2.20. The van der Waals surface area contributed by atoms with E-state index in [9.17, 15) is 4.79 Å². The summed E-state index contributed by atoms with van der Waals surface area (Å²) in [6.07, 6.45) is 3.86. The number of amides is 1. The molecule has 2 aromatic heterocycles. The largest absolute Gasteiger partial charge is 0.309 e. The van der Waals surface area contributed by atoms with Gasteiger partial charge in [0.05, 0.1) is 18.4 Å². The lowest BCUT2D eigenvalue weighted by Gasteiger charge is -2.03. The van der Waals surface area contributed by atoms with Crippen molar-refractivity contribution in [2.45, 2.75) is 26.9 Å². The molecule has 7 heteroatoms. The van der Waals surface area contributed by atoms with E-state index in [2.05, 4.69) is 20.7 Å². The van der Waals surface area contributed by atoms with E-state index < -0.39 is 0 Å². The molecule has 0 radical (unpaired) electrons.